The number of nitrogens with one attached hydrogen (secondary N) is 5. The molecule has 0 amide bonds. The Labute approximate surface area is 612 Å². The standard InChI is InChI=1S/2C26H19N7O2S.C25H21N7O2S/c2*34-36(35)22-13-18(14-28-25(22)30-16-31-36)24-32-21-11-6-10-20(17-7-2-1-3-8-17)23(21)26(33-24)29-15-19-9-4-5-12-27-19;26-23-21(35(27,33)34)13-17(14-29-23)24-31-20-11-6-10-19(16-7-2-1-3-8-16)22(20)25(32-24)30-15-18-9-4-5-12-28-18/h2*1-14,16H,15H2,(H,28,30,31)(H,29,32,33);1-14H,15H2,(H2,26,29)(H2,27,33,34)(H,30,31,32). The van der Waals surface area contributed by atoms with Gasteiger partial charge in [0.15, 0.2) is 29.1 Å². The highest BCUT2D eigenvalue weighted by Gasteiger charge is 2.27. The molecule has 107 heavy (non-hydrogen) atoms. The Morgan fingerprint density at radius 3 is 1.04 bits per heavy atom. The maximum atomic E-state index is 12.5. The highest BCUT2D eigenvalue weighted by Crippen LogP contribution is 2.40. The van der Waals surface area contributed by atoms with Crippen molar-refractivity contribution >= 4 is 110 Å². The van der Waals surface area contributed by atoms with E-state index < -0.39 is 30.1 Å². The molecule has 0 bridgehead atoms. The fourth-order valence-corrected chi connectivity index (χ4v) is 14.4. The minimum atomic E-state index is -4.07. The third kappa shape index (κ3) is 15.2. The van der Waals surface area contributed by atoms with Gasteiger partial charge in [0, 0.05) is 53.9 Å². The minimum Gasteiger partial charge on any atom is -0.383 e. The van der Waals surface area contributed by atoms with E-state index in [0.29, 0.717) is 82.0 Å². The summed E-state index contributed by atoms with van der Waals surface area (Å²) in [5.74, 6) is 3.01. The summed E-state index contributed by atoms with van der Waals surface area (Å²) < 4.78 is 80.9. The van der Waals surface area contributed by atoms with Gasteiger partial charge >= 0.3 is 0 Å². The zero-order valence-corrected chi connectivity index (χ0v) is 58.6. The van der Waals surface area contributed by atoms with Crippen molar-refractivity contribution in [3.05, 3.63) is 273 Å². The maximum absolute atomic E-state index is 12.5. The second-order valence-corrected chi connectivity index (χ2v) is 28.6. The van der Waals surface area contributed by atoms with Crippen LogP contribution >= 0.6 is 0 Å². The molecule has 0 saturated carbocycles. The molecular formula is C77H59N21O6S3. The zero-order chi connectivity index (χ0) is 73.5. The van der Waals surface area contributed by atoms with E-state index in [-0.39, 0.29) is 38.0 Å². The first kappa shape index (κ1) is 68.9. The van der Waals surface area contributed by atoms with Crippen molar-refractivity contribution in [3.63, 3.8) is 0 Å². The Morgan fingerprint density at radius 2 is 0.701 bits per heavy atom. The van der Waals surface area contributed by atoms with Gasteiger partial charge in [-0.05, 0) is 106 Å². The van der Waals surface area contributed by atoms with Gasteiger partial charge in [0.1, 0.15) is 50.6 Å². The molecule has 9 N–H and O–H groups in total. The SMILES string of the molecule is Nc1ncc(-c2nc(NCc3ccccn3)c3c(-c4ccccc4)cccc3n2)cc1S(N)(=O)=O.O=S1(=O)N=CNc2ncc(-c3nc(NCc4ccccn4)c4c(-c5ccccc5)cccc4n3)cc21.O=S1(=O)N=CNc2ncc(-c3nc(NCc4ccccn4)c4c(-c5ccccc5)cccc4n3)cc21. The number of nitrogens with two attached hydrogens (primary N) is 2. The molecule has 30 heteroatoms. The number of hydrogen-bond donors (Lipinski definition) is 7. The Bertz CT molecular complexity index is 6030. The van der Waals surface area contributed by atoms with Crippen LogP contribution in [0.1, 0.15) is 17.1 Å². The van der Waals surface area contributed by atoms with Crippen molar-refractivity contribution < 1.29 is 25.3 Å². The van der Waals surface area contributed by atoms with E-state index in [4.69, 9.17) is 40.8 Å². The summed E-state index contributed by atoms with van der Waals surface area (Å²) in [7, 11) is -11.8. The molecule has 27 nitrogen and oxygen atoms in total. The first-order valence-electron chi connectivity index (χ1n) is 33.0. The lowest BCUT2D eigenvalue weighted by atomic mass is 10.0. The fourth-order valence-electron chi connectivity index (χ4n) is 11.9. The number of pyridine rings is 6. The molecule has 11 heterocycles. The van der Waals surface area contributed by atoms with Crippen molar-refractivity contribution in [2.75, 3.05) is 32.3 Å². The second-order valence-electron chi connectivity index (χ2n) is 23.9. The van der Waals surface area contributed by atoms with E-state index >= 15 is 0 Å². The summed E-state index contributed by atoms with van der Waals surface area (Å²) in [6, 6.07) is 69.0. The molecule has 2 aliphatic heterocycles. The summed E-state index contributed by atoms with van der Waals surface area (Å²) >= 11 is 0. The van der Waals surface area contributed by atoms with Crippen LogP contribution in [0.5, 0.6) is 0 Å². The first-order chi connectivity index (χ1) is 52.1. The summed E-state index contributed by atoms with van der Waals surface area (Å²) in [5, 5.41) is 23.6. The van der Waals surface area contributed by atoms with Gasteiger partial charge < -0.3 is 32.3 Å². The Morgan fingerprint density at radius 1 is 0.364 bits per heavy atom. The number of rotatable bonds is 16. The molecule has 2 aliphatic rings. The highest BCUT2D eigenvalue weighted by atomic mass is 32.2. The Balaban J connectivity index is 0.000000128. The number of nitrogens with zero attached hydrogens (tertiary/aromatic N) is 14. The van der Waals surface area contributed by atoms with Gasteiger partial charge in [-0.2, -0.15) is 16.8 Å². The molecule has 15 aromatic rings. The van der Waals surface area contributed by atoms with E-state index in [1.807, 2.05) is 200 Å². The molecule has 526 valence electrons. The van der Waals surface area contributed by atoms with Gasteiger partial charge in [-0.15, -0.1) is 8.80 Å². The van der Waals surface area contributed by atoms with Crippen molar-refractivity contribution in [3.8, 4) is 67.5 Å². The quantitative estimate of drug-likeness (QED) is 0.0472. The topological polar surface area (TPSA) is 394 Å². The second kappa shape index (κ2) is 29.9. The van der Waals surface area contributed by atoms with E-state index in [9.17, 15) is 25.3 Å². The number of nitrogen functional groups attached to an aromatic ring is 1. The number of fused-ring (bicyclic) bond motifs is 5. The maximum Gasteiger partial charge on any atom is 0.287 e. The van der Waals surface area contributed by atoms with Crippen molar-refractivity contribution in [2.45, 2.75) is 34.3 Å². The smallest absolute Gasteiger partial charge is 0.287 e. The Hall–Kier alpha value is -13.8. The van der Waals surface area contributed by atoms with Gasteiger partial charge in [0.2, 0.25) is 10.0 Å². The summed E-state index contributed by atoms with van der Waals surface area (Å²) in [6.07, 6.45) is 12.0. The lowest BCUT2D eigenvalue weighted by Gasteiger charge is -2.15. The summed E-state index contributed by atoms with van der Waals surface area (Å²) in [4.78, 5) is 54.1. The van der Waals surface area contributed by atoms with Gasteiger partial charge in [0.05, 0.1) is 69.4 Å². The molecule has 0 aliphatic carbocycles. The number of aromatic nitrogens is 12. The highest BCUT2D eigenvalue weighted by molar-refractivity contribution is 7.91. The number of primary sulfonamides is 1. The van der Waals surface area contributed by atoms with Gasteiger partial charge in [0.25, 0.3) is 20.0 Å². The zero-order valence-electron chi connectivity index (χ0n) is 56.1. The third-order valence-electron chi connectivity index (χ3n) is 16.9. The lowest BCUT2D eigenvalue weighted by molar-refractivity contribution is 0.596. The van der Waals surface area contributed by atoms with E-state index in [2.05, 4.69) is 65.3 Å². The van der Waals surface area contributed by atoms with Crippen LogP contribution in [0.2, 0.25) is 0 Å². The monoisotopic (exact) mass is 1470 g/mol. The number of anilines is 6. The van der Waals surface area contributed by atoms with Crippen LogP contribution < -0.4 is 37.5 Å². The van der Waals surface area contributed by atoms with Crippen LogP contribution in [0.3, 0.4) is 0 Å². The van der Waals surface area contributed by atoms with E-state index in [1.54, 1.807) is 31.0 Å². The van der Waals surface area contributed by atoms with E-state index in [0.717, 1.165) is 79.3 Å². The predicted octanol–water partition coefficient (Wildman–Crippen LogP) is 12.6. The van der Waals surface area contributed by atoms with Crippen molar-refractivity contribution in [1.29, 1.82) is 0 Å². The van der Waals surface area contributed by atoms with Crippen molar-refractivity contribution in [1.82, 2.24) is 59.8 Å². The van der Waals surface area contributed by atoms with Crippen LogP contribution in [0.4, 0.5) is 34.9 Å². The Kier molecular flexibility index (Phi) is 19.2. The lowest BCUT2D eigenvalue weighted by Crippen LogP contribution is -2.15. The molecule has 0 spiro atoms. The molecule has 6 aromatic carbocycles. The molecule has 9 aromatic heterocycles. The number of sulfonamides is 3. The number of hydrogen-bond acceptors (Lipinski definition) is 24. The van der Waals surface area contributed by atoms with Gasteiger partial charge in [-0.1, -0.05) is 146 Å². The molecular weight excluding hydrogens is 1410 g/mol. The predicted molar refractivity (Wildman–Crippen MR) is 414 cm³/mol. The molecule has 0 unspecified atom stereocenters. The molecule has 0 fully saturated rings. The van der Waals surface area contributed by atoms with E-state index in [1.165, 1.54) is 24.4 Å². The summed E-state index contributed by atoms with van der Waals surface area (Å²) in [5.41, 5.74) is 17.7. The largest absolute Gasteiger partial charge is 0.383 e. The number of benzene rings is 6. The fraction of sp³-hybridized carbons (Fsp3) is 0.0390. The molecule has 0 saturated heterocycles. The average molecular weight is 1470 g/mol. The average Bonchev–Trinajstić information content (AvgIpc) is 0.776. The minimum absolute atomic E-state index is 0.0211. The van der Waals surface area contributed by atoms with Crippen LogP contribution in [-0.4, -0.2) is 97.7 Å². The van der Waals surface area contributed by atoms with Crippen LogP contribution in [0.25, 0.3) is 100 Å². The van der Waals surface area contributed by atoms with Crippen molar-refractivity contribution in [2.24, 2.45) is 13.9 Å². The molecule has 0 atom stereocenters. The molecule has 0 radical (unpaired) electrons. The molecule has 17 rings (SSSR count). The summed E-state index contributed by atoms with van der Waals surface area (Å²) in [6.45, 7) is 1.33. The van der Waals surface area contributed by atoms with Gasteiger partial charge in [-0.3, -0.25) is 15.0 Å². The first-order valence-corrected chi connectivity index (χ1v) is 37.4. The van der Waals surface area contributed by atoms with Crippen LogP contribution in [0, 0.1) is 0 Å². The van der Waals surface area contributed by atoms with Crippen LogP contribution in [-0.2, 0) is 49.7 Å². The van der Waals surface area contributed by atoms with Gasteiger partial charge in [-0.25, -0.2) is 58.4 Å². The normalized spacial score (nSPS) is 12.9. The van der Waals surface area contributed by atoms with Crippen LogP contribution in [0.15, 0.2) is 279 Å². The third-order valence-corrected chi connectivity index (χ3v) is 20.4.